The summed E-state index contributed by atoms with van der Waals surface area (Å²) in [6, 6.07) is 18.5. The predicted molar refractivity (Wildman–Crippen MR) is 213 cm³/mol. The molecule has 6 aromatic rings. The van der Waals surface area contributed by atoms with Crippen molar-refractivity contribution in [2.24, 2.45) is 0 Å². The number of nitrogens with one attached hydrogen (secondary N) is 2. The third-order valence-electron chi connectivity index (χ3n) is 8.20. The fourth-order valence-corrected chi connectivity index (χ4v) is 7.50. The number of hydrogen-bond acceptors (Lipinski definition) is 10. The number of rotatable bonds is 12. The highest BCUT2D eigenvalue weighted by Crippen LogP contribution is 2.36. The Morgan fingerprint density at radius 2 is 1.21 bits per heavy atom. The molecule has 0 saturated heterocycles. The van der Waals surface area contributed by atoms with Gasteiger partial charge in [0.1, 0.15) is 23.3 Å². The number of hydrogen-bond donors (Lipinski definition) is 2. The lowest BCUT2D eigenvalue weighted by atomic mass is 10.1. The number of methoxy groups -OCH3 is 1. The van der Waals surface area contributed by atoms with Gasteiger partial charge in [0.15, 0.2) is 5.16 Å². The van der Waals surface area contributed by atoms with Crippen molar-refractivity contribution in [3.63, 3.8) is 0 Å². The summed E-state index contributed by atoms with van der Waals surface area (Å²) in [5.41, 5.74) is 4.81. The van der Waals surface area contributed by atoms with E-state index in [1.165, 1.54) is 44.3 Å². The summed E-state index contributed by atoms with van der Waals surface area (Å²) in [7, 11) is -3.39. The van der Waals surface area contributed by atoms with Crippen molar-refractivity contribution in [3.05, 3.63) is 96.8 Å². The van der Waals surface area contributed by atoms with E-state index in [9.17, 15) is 31.0 Å². The normalized spacial score (nSPS) is 11.7. The van der Waals surface area contributed by atoms with Gasteiger partial charge >= 0.3 is 0 Å². The van der Waals surface area contributed by atoms with Crippen LogP contribution < -0.4 is 10.6 Å². The SMILES string of the molecule is CCn1c(S(C)(=O)=O)nc(-c2ccc(F)cc2)c1-c1ccnc(NC(C)=O)c1.COCCn1c(S(C)=O)nc(-c2ccc(F)cc2)c1-c1ccnc(NC(C)=O)c1. The molecule has 0 fully saturated rings. The first-order valence-corrected chi connectivity index (χ1v) is 20.8. The standard InChI is InChI=1S/C20H21FN4O3S.C19H19FN4O3S/c1-13(26)23-17-12-15(8-9-22-17)19-18(14-4-6-16(21)7-5-14)24-20(29(3)27)25(19)10-11-28-2;1-4-24-18(14-9-10-21-16(11-14)22-12(2)25)17(23-19(24)28(3,26)27)13-5-7-15(20)8-6-13/h4-9,12H,10-11H2,1-3H3,(H,22,23,26);5-11H,4H2,1-3H3,(H,21,22,25). The van der Waals surface area contributed by atoms with E-state index in [2.05, 4.69) is 30.6 Å². The van der Waals surface area contributed by atoms with Crippen molar-refractivity contribution >= 4 is 44.1 Å². The molecular weight excluding hydrogens is 779 g/mol. The topological polar surface area (TPSA) is 180 Å². The Balaban J connectivity index is 0.000000218. The van der Waals surface area contributed by atoms with Gasteiger partial charge in [-0.3, -0.25) is 13.8 Å². The lowest BCUT2D eigenvalue weighted by Gasteiger charge is -2.13. The third-order valence-corrected chi connectivity index (χ3v) is 10.0. The van der Waals surface area contributed by atoms with E-state index in [4.69, 9.17) is 4.74 Å². The van der Waals surface area contributed by atoms with Gasteiger partial charge in [0.25, 0.3) is 0 Å². The summed E-state index contributed by atoms with van der Waals surface area (Å²) in [6.07, 6.45) is 5.74. The van der Waals surface area contributed by atoms with Crippen LogP contribution in [0.2, 0.25) is 0 Å². The van der Waals surface area contributed by atoms with Crippen LogP contribution in [0.5, 0.6) is 0 Å². The summed E-state index contributed by atoms with van der Waals surface area (Å²) < 4.78 is 72.4. The lowest BCUT2D eigenvalue weighted by Crippen LogP contribution is -2.11. The van der Waals surface area contributed by atoms with Crippen LogP contribution in [0.25, 0.3) is 45.0 Å². The van der Waals surface area contributed by atoms with Crippen molar-refractivity contribution < 1.29 is 35.7 Å². The number of carbonyl (C=O) groups is 2. The molecule has 4 heterocycles. The zero-order valence-electron chi connectivity index (χ0n) is 31.9. The predicted octanol–water partition coefficient (Wildman–Crippen LogP) is 6.23. The smallest absolute Gasteiger partial charge is 0.228 e. The number of carbonyl (C=O) groups excluding carboxylic acids is 2. The minimum atomic E-state index is -3.61. The van der Waals surface area contributed by atoms with Gasteiger partial charge < -0.3 is 24.5 Å². The maximum Gasteiger partial charge on any atom is 0.228 e. The molecule has 2 N–H and O–H groups in total. The second-order valence-electron chi connectivity index (χ2n) is 12.5. The molecule has 4 aromatic heterocycles. The molecule has 0 saturated carbocycles. The van der Waals surface area contributed by atoms with Crippen LogP contribution in [0.3, 0.4) is 0 Å². The Bertz CT molecular complexity index is 2540. The Kier molecular flexibility index (Phi) is 13.5. The molecule has 0 aliphatic carbocycles. The third kappa shape index (κ3) is 10.3. The van der Waals surface area contributed by atoms with E-state index >= 15 is 0 Å². The Hall–Kier alpha value is -5.98. The molecule has 0 aliphatic rings. The van der Waals surface area contributed by atoms with Gasteiger partial charge in [-0.05, 0) is 79.7 Å². The number of anilines is 2. The zero-order valence-corrected chi connectivity index (χ0v) is 33.5. The molecule has 0 spiro atoms. The summed E-state index contributed by atoms with van der Waals surface area (Å²) in [5.74, 6) is -0.551. The van der Waals surface area contributed by atoms with Gasteiger partial charge in [0.05, 0.1) is 40.2 Å². The van der Waals surface area contributed by atoms with Crippen molar-refractivity contribution in [2.45, 2.75) is 44.2 Å². The van der Waals surface area contributed by atoms with Crippen LogP contribution in [-0.4, -0.2) is 79.7 Å². The van der Waals surface area contributed by atoms with Gasteiger partial charge in [0, 0.05) is 81.2 Å². The number of ether oxygens (including phenoxy) is 1. The van der Waals surface area contributed by atoms with Crippen molar-refractivity contribution in [2.75, 3.05) is 36.9 Å². The van der Waals surface area contributed by atoms with Crippen molar-refractivity contribution in [3.8, 4) is 45.0 Å². The molecule has 0 bridgehead atoms. The van der Waals surface area contributed by atoms with Crippen LogP contribution in [0.15, 0.2) is 95.5 Å². The number of nitrogens with zero attached hydrogens (tertiary/aromatic N) is 6. The molecule has 1 atom stereocenters. The Labute approximate surface area is 330 Å². The quantitative estimate of drug-likeness (QED) is 0.144. The van der Waals surface area contributed by atoms with Gasteiger partial charge in [-0.25, -0.2) is 37.1 Å². The minimum absolute atomic E-state index is 0.0813. The summed E-state index contributed by atoms with van der Waals surface area (Å²) >= 11 is 0. The van der Waals surface area contributed by atoms with Crippen LogP contribution in [0, 0.1) is 11.6 Å². The van der Waals surface area contributed by atoms with Gasteiger partial charge in [-0.1, -0.05) is 0 Å². The number of aromatic nitrogens is 6. The number of pyridine rings is 2. The Morgan fingerprint density at radius 1 is 0.754 bits per heavy atom. The lowest BCUT2D eigenvalue weighted by molar-refractivity contribution is -0.115. The second kappa shape index (κ2) is 18.3. The van der Waals surface area contributed by atoms with Gasteiger partial charge in [-0.2, -0.15) is 0 Å². The Morgan fingerprint density at radius 3 is 1.61 bits per heavy atom. The first-order valence-electron chi connectivity index (χ1n) is 17.3. The minimum Gasteiger partial charge on any atom is -0.383 e. The molecule has 1 unspecified atom stereocenters. The van der Waals surface area contributed by atoms with E-state index in [0.717, 1.165) is 11.8 Å². The molecule has 0 aliphatic heterocycles. The fourth-order valence-electron chi connectivity index (χ4n) is 5.91. The number of benzene rings is 2. The van der Waals surface area contributed by atoms with Gasteiger partial charge in [-0.15, -0.1) is 0 Å². The molecule has 57 heavy (non-hydrogen) atoms. The van der Waals surface area contributed by atoms with Crippen LogP contribution in [0.1, 0.15) is 20.8 Å². The van der Waals surface area contributed by atoms with Crippen LogP contribution in [0.4, 0.5) is 20.4 Å². The maximum atomic E-state index is 13.4. The van der Waals surface area contributed by atoms with Crippen molar-refractivity contribution in [1.29, 1.82) is 0 Å². The summed E-state index contributed by atoms with van der Waals surface area (Å²) in [5, 5.41) is 5.57. The van der Waals surface area contributed by atoms with E-state index in [1.54, 1.807) is 72.7 Å². The monoisotopic (exact) mass is 818 g/mol. The first-order chi connectivity index (χ1) is 27.1. The molecule has 298 valence electrons. The second-order valence-corrected chi connectivity index (χ2v) is 15.7. The number of amides is 2. The van der Waals surface area contributed by atoms with Crippen molar-refractivity contribution in [1.82, 2.24) is 29.1 Å². The number of imidazole rings is 2. The summed E-state index contributed by atoms with van der Waals surface area (Å²) in [6.45, 7) is 5.75. The van der Waals surface area contributed by atoms with E-state index in [-0.39, 0.29) is 22.8 Å². The van der Waals surface area contributed by atoms with Crippen LogP contribution in [-0.2, 0) is 48.1 Å². The zero-order chi connectivity index (χ0) is 41.4. The van der Waals surface area contributed by atoms with Gasteiger partial charge in [0.2, 0.25) is 26.8 Å². The molecule has 6 rings (SSSR count). The molecule has 2 amide bonds. The van der Waals surface area contributed by atoms with E-state index < -0.39 is 26.5 Å². The molecular formula is C39H40F2N8O6S2. The largest absolute Gasteiger partial charge is 0.383 e. The molecule has 2 aromatic carbocycles. The van der Waals surface area contributed by atoms with E-state index in [1.807, 2.05) is 11.5 Å². The highest BCUT2D eigenvalue weighted by atomic mass is 32.2. The maximum absolute atomic E-state index is 13.4. The first kappa shape index (κ1) is 42.2. The fraction of sp³-hybridized carbons (Fsp3) is 0.231. The molecule has 14 nitrogen and oxygen atoms in total. The number of halogens is 2. The van der Waals surface area contributed by atoms with E-state index in [0.29, 0.717) is 76.0 Å². The highest BCUT2D eigenvalue weighted by Gasteiger charge is 2.26. The number of sulfone groups is 1. The molecule has 0 radical (unpaired) electrons. The average molecular weight is 819 g/mol. The summed E-state index contributed by atoms with van der Waals surface area (Å²) in [4.78, 5) is 40.0. The molecule has 18 heteroatoms. The highest BCUT2D eigenvalue weighted by molar-refractivity contribution is 7.90. The van der Waals surface area contributed by atoms with Crippen LogP contribution >= 0.6 is 0 Å². The average Bonchev–Trinajstić information content (AvgIpc) is 3.75.